The second kappa shape index (κ2) is 9.72. The van der Waals surface area contributed by atoms with Gasteiger partial charge in [-0.3, -0.25) is 14.4 Å². The van der Waals surface area contributed by atoms with Crippen LogP contribution in [0.3, 0.4) is 0 Å². The molecule has 0 aromatic heterocycles. The first-order chi connectivity index (χ1) is 15.0. The van der Waals surface area contributed by atoms with Gasteiger partial charge in [-0.1, -0.05) is 26.7 Å². The van der Waals surface area contributed by atoms with Crippen LogP contribution in [-0.2, 0) is 9.53 Å². The Kier molecular flexibility index (Phi) is 6.99. The predicted molar refractivity (Wildman–Crippen MR) is 122 cm³/mol. The quantitative estimate of drug-likeness (QED) is 0.672. The van der Waals surface area contributed by atoms with Crippen molar-refractivity contribution >= 4 is 17.3 Å². The number of hydrogen-bond acceptors (Lipinski definition) is 6. The van der Waals surface area contributed by atoms with Crippen molar-refractivity contribution in [2.45, 2.75) is 64.8 Å². The fraction of sp³-hybridized carbons (Fsp3) is 0.792. The van der Waals surface area contributed by atoms with Crippen LogP contribution in [0, 0.1) is 23.7 Å². The van der Waals surface area contributed by atoms with Gasteiger partial charge in [-0.25, -0.2) is 0 Å². The van der Waals surface area contributed by atoms with Crippen LogP contribution >= 0.6 is 0 Å². The first kappa shape index (κ1) is 22.3. The van der Waals surface area contributed by atoms with E-state index in [1.54, 1.807) is 0 Å². The largest absolute Gasteiger partial charge is 0.380 e. The minimum absolute atomic E-state index is 0.107. The highest BCUT2D eigenvalue weighted by molar-refractivity contribution is 5.79. The monoisotopic (exact) mass is 431 g/mol. The highest BCUT2D eigenvalue weighted by Gasteiger charge is 2.33. The van der Waals surface area contributed by atoms with Gasteiger partial charge in [0, 0.05) is 31.6 Å². The SMILES string of the molecule is C[C@H]1[C@H](C)CCC[C@@H]1NC(=O)C1CCC(CNc2c(N3CCOCC3)c(=O)c2=O)CC1. The first-order valence-electron chi connectivity index (χ1n) is 12.2. The molecule has 4 rings (SSSR count). The maximum absolute atomic E-state index is 12.8. The molecule has 0 unspecified atom stereocenters. The van der Waals surface area contributed by atoms with Gasteiger partial charge >= 0.3 is 0 Å². The van der Waals surface area contributed by atoms with E-state index in [-0.39, 0.29) is 17.3 Å². The maximum Gasteiger partial charge on any atom is 0.253 e. The average molecular weight is 432 g/mol. The van der Waals surface area contributed by atoms with Crippen molar-refractivity contribution in [3.05, 3.63) is 20.4 Å². The Morgan fingerprint density at radius 3 is 2.42 bits per heavy atom. The zero-order valence-electron chi connectivity index (χ0n) is 19.0. The summed E-state index contributed by atoms with van der Waals surface area (Å²) < 4.78 is 5.35. The Balaban J connectivity index is 1.24. The van der Waals surface area contributed by atoms with Crippen molar-refractivity contribution in [1.29, 1.82) is 0 Å². The third-order valence-corrected chi connectivity index (χ3v) is 8.03. The van der Waals surface area contributed by atoms with Gasteiger partial charge in [0.1, 0.15) is 11.4 Å². The van der Waals surface area contributed by atoms with Gasteiger partial charge < -0.3 is 20.3 Å². The molecule has 0 spiro atoms. The summed E-state index contributed by atoms with van der Waals surface area (Å²) in [6.45, 7) is 7.72. The summed E-state index contributed by atoms with van der Waals surface area (Å²) >= 11 is 0. The van der Waals surface area contributed by atoms with Crippen molar-refractivity contribution in [1.82, 2.24) is 5.32 Å². The van der Waals surface area contributed by atoms with Crippen molar-refractivity contribution in [3.8, 4) is 0 Å². The number of morpholine rings is 1. The van der Waals surface area contributed by atoms with Crippen molar-refractivity contribution in [3.63, 3.8) is 0 Å². The van der Waals surface area contributed by atoms with E-state index in [0.29, 0.717) is 68.0 Å². The third-order valence-electron chi connectivity index (χ3n) is 8.03. The molecule has 3 aliphatic rings. The molecule has 2 saturated carbocycles. The molecule has 1 aromatic carbocycles. The van der Waals surface area contributed by atoms with Gasteiger partial charge in [0.05, 0.1) is 13.2 Å². The number of amides is 1. The molecule has 0 radical (unpaired) electrons. The molecule has 1 amide bonds. The van der Waals surface area contributed by atoms with Crippen LogP contribution < -0.4 is 26.4 Å². The zero-order valence-corrected chi connectivity index (χ0v) is 19.0. The standard InChI is InChI=1S/C24H37N3O4/c1-15-4-3-5-19(16(15)2)26-24(30)18-8-6-17(7-9-18)14-25-20-21(23(29)22(20)28)27-10-12-31-13-11-27/h15-19,25H,3-14H2,1-2H3,(H,26,30)/t15-,16+,17?,18?,19+/m1/s1. The van der Waals surface area contributed by atoms with E-state index in [0.717, 1.165) is 32.1 Å². The predicted octanol–water partition coefficient (Wildman–Crippen LogP) is 2.28. The van der Waals surface area contributed by atoms with Crippen LogP contribution in [-0.4, -0.2) is 44.8 Å². The van der Waals surface area contributed by atoms with Gasteiger partial charge in [-0.05, 0) is 49.9 Å². The summed E-state index contributed by atoms with van der Waals surface area (Å²) in [5.41, 5.74) is 0.241. The summed E-state index contributed by atoms with van der Waals surface area (Å²) in [5, 5.41) is 6.61. The van der Waals surface area contributed by atoms with Crippen LogP contribution in [0.5, 0.6) is 0 Å². The highest BCUT2D eigenvalue weighted by atomic mass is 16.5. The van der Waals surface area contributed by atoms with Crippen LogP contribution in [0.4, 0.5) is 11.4 Å². The Labute approximate surface area is 184 Å². The van der Waals surface area contributed by atoms with Crippen LogP contribution in [0.2, 0.25) is 0 Å². The Bertz CT molecular complexity index is 832. The van der Waals surface area contributed by atoms with E-state index in [4.69, 9.17) is 4.74 Å². The fourth-order valence-electron chi connectivity index (χ4n) is 5.59. The third kappa shape index (κ3) is 4.81. The van der Waals surface area contributed by atoms with Crippen LogP contribution in [0.15, 0.2) is 9.59 Å². The second-order valence-corrected chi connectivity index (χ2v) is 9.96. The molecule has 1 saturated heterocycles. The molecule has 2 aliphatic carbocycles. The van der Waals surface area contributed by atoms with E-state index >= 15 is 0 Å². The highest BCUT2D eigenvalue weighted by Crippen LogP contribution is 2.32. The molecular formula is C24H37N3O4. The number of rotatable bonds is 6. The summed E-state index contributed by atoms with van der Waals surface area (Å²) in [5.74, 6) is 2.00. The van der Waals surface area contributed by atoms with E-state index in [1.165, 1.54) is 12.8 Å². The number of ether oxygens (including phenoxy) is 1. The summed E-state index contributed by atoms with van der Waals surface area (Å²) in [6.07, 6.45) is 7.33. The van der Waals surface area contributed by atoms with E-state index < -0.39 is 5.43 Å². The number of anilines is 2. The molecule has 31 heavy (non-hydrogen) atoms. The first-order valence-corrected chi connectivity index (χ1v) is 12.2. The van der Waals surface area contributed by atoms with Gasteiger partial charge in [0.15, 0.2) is 0 Å². The van der Waals surface area contributed by atoms with E-state index in [9.17, 15) is 14.4 Å². The minimum Gasteiger partial charge on any atom is -0.380 e. The fourth-order valence-corrected chi connectivity index (χ4v) is 5.59. The normalized spacial score (nSPS) is 32.1. The lowest BCUT2D eigenvalue weighted by Crippen LogP contribution is -2.47. The molecule has 2 N–H and O–H groups in total. The molecule has 0 bridgehead atoms. The van der Waals surface area contributed by atoms with Crippen molar-refractivity contribution < 1.29 is 9.53 Å². The number of carbonyl (C=O) groups excluding carboxylic acids is 1. The van der Waals surface area contributed by atoms with Gasteiger partial charge in [-0.2, -0.15) is 0 Å². The topological polar surface area (TPSA) is 87.7 Å². The minimum atomic E-state index is -0.398. The number of nitrogens with one attached hydrogen (secondary N) is 2. The summed E-state index contributed by atoms with van der Waals surface area (Å²) in [6, 6.07) is 0.323. The average Bonchev–Trinajstić information content (AvgIpc) is 2.80. The number of hydrogen-bond donors (Lipinski definition) is 2. The zero-order chi connectivity index (χ0) is 22.0. The molecule has 7 nitrogen and oxygen atoms in total. The molecule has 1 aromatic rings. The molecular weight excluding hydrogens is 394 g/mol. The Morgan fingerprint density at radius 2 is 1.71 bits per heavy atom. The lowest BCUT2D eigenvalue weighted by molar-refractivity contribution is -0.127. The smallest absolute Gasteiger partial charge is 0.253 e. The number of nitrogens with zero attached hydrogens (tertiary/aromatic N) is 1. The van der Waals surface area contributed by atoms with Gasteiger partial charge in [0.25, 0.3) is 10.9 Å². The molecule has 1 aliphatic heterocycles. The Hall–Kier alpha value is -1.89. The van der Waals surface area contributed by atoms with Crippen LogP contribution in [0.25, 0.3) is 0 Å². The van der Waals surface area contributed by atoms with Crippen molar-refractivity contribution in [2.75, 3.05) is 43.1 Å². The molecule has 7 heteroatoms. The maximum atomic E-state index is 12.8. The summed E-state index contributed by atoms with van der Waals surface area (Å²) in [4.78, 5) is 38.9. The van der Waals surface area contributed by atoms with Gasteiger partial charge in [-0.15, -0.1) is 0 Å². The number of carbonyl (C=O) groups is 1. The second-order valence-electron chi connectivity index (χ2n) is 9.96. The molecule has 3 fully saturated rings. The van der Waals surface area contributed by atoms with E-state index in [2.05, 4.69) is 24.5 Å². The van der Waals surface area contributed by atoms with Gasteiger partial charge in [0.2, 0.25) is 5.91 Å². The molecule has 172 valence electrons. The van der Waals surface area contributed by atoms with Crippen molar-refractivity contribution in [2.24, 2.45) is 23.7 Å². The molecule has 3 atom stereocenters. The summed E-state index contributed by atoms with van der Waals surface area (Å²) in [7, 11) is 0. The van der Waals surface area contributed by atoms with E-state index in [1.807, 2.05) is 4.90 Å². The Morgan fingerprint density at radius 1 is 1.00 bits per heavy atom. The molecule has 1 heterocycles. The van der Waals surface area contributed by atoms with Crippen LogP contribution in [0.1, 0.15) is 58.8 Å². The lowest BCUT2D eigenvalue weighted by atomic mass is 9.77. The lowest BCUT2D eigenvalue weighted by Gasteiger charge is -2.36.